The van der Waals surface area contributed by atoms with Crippen LogP contribution in [0.15, 0.2) is 18.2 Å². The summed E-state index contributed by atoms with van der Waals surface area (Å²) in [4.78, 5) is 52.6. The molecule has 0 aliphatic carbocycles. The lowest BCUT2D eigenvalue weighted by Crippen LogP contribution is -2.51. The summed E-state index contributed by atoms with van der Waals surface area (Å²) in [7, 11) is 0. The number of nitro groups is 1. The van der Waals surface area contributed by atoms with E-state index >= 15 is 0 Å². The van der Waals surface area contributed by atoms with Crippen LogP contribution in [0.5, 0.6) is 0 Å². The van der Waals surface area contributed by atoms with Gasteiger partial charge in [-0.25, -0.2) is 0 Å². The largest absolute Gasteiger partial charge is 0.343 e. The Hall–Kier alpha value is -3.41. The maximum atomic E-state index is 12.7. The van der Waals surface area contributed by atoms with Crippen molar-refractivity contribution in [1.82, 2.24) is 20.0 Å². The van der Waals surface area contributed by atoms with Crippen LogP contribution < -0.4 is 4.90 Å². The van der Waals surface area contributed by atoms with E-state index in [1.165, 1.54) is 29.5 Å². The molecule has 3 heterocycles. The van der Waals surface area contributed by atoms with Crippen LogP contribution in [0.25, 0.3) is 0 Å². The molecule has 12 heteroatoms. The molecule has 1 aromatic heterocycles. The van der Waals surface area contributed by atoms with E-state index in [0.29, 0.717) is 26.2 Å². The van der Waals surface area contributed by atoms with Crippen molar-refractivity contribution in [3.8, 4) is 0 Å². The molecule has 2 aliphatic rings. The van der Waals surface area contributed by atoms with Gasteiger partial charge in [0.25, 0.3) is 17.5 Å². The monoisotopic (exact) mass is 416 g/mol. The van der Waals surface area contributed by atoms with Crippen molar-refractivity contribution >= 4 is 39.9 Å². The normalized spacial score (nSPS) is 16.4. The highest BCUT2D eigenvalue weighted by Gasteiger charge is 2.42. The van der Waals surface area contributed by atoms with E-state index in [4.69, 9.17) is 0 Å². The number of piperazine rings is 1. The van der Waals surface area contributed by atoms with Gasteiger partial charge in [0.2, 0.25) is 11.0 Å². The number of anilines is 1. The molecular weight excluding hydrogens is 400 g/mol. The third kappa shape index (κ3) is 3.31. The standard InChI is InChI=1S/C17H16N6O5S/c1-10-18-19-17(29-10)21-7-5-20(6-8-21)13(24)9-22-15(25)11-3-2-4-12(23(27)28)14(11)16(22)26/h2-4H,5-9H2,1H3. The predicted octanol–water partition coefficient (Wildman–Crippen LogP) is 0.700. The molecule has 29 heavy (non-hydrogen) atoms. The number of carbonyl (C=O) groups is 3. The highest BCUT2D eigenvalue weighted by molar-refractivity contribution is 7.15. The van der Waals surface area contributed by atoms with Crippen LogP contribution in [0.3, 0.4) is 0 Å². The summed E-state index contributed by atoms with van der Waals surface area (Å²) in [6.45, 7) is 3.39. The fourth-order valence-corrected chi connectivity index (χ4v) is 4.15. The molecule has 11 nitrogen and oxygen atoms in total. The molecule has 2 aromatic rings. The Morgan fingerprint density at radius 1 is 1.17 bits per heavy atom. The summed E-state index contributed by atoms with van der Waals surface area (Å²) in [6, 6.07) is 3.88. The average Bonchev–Trinajstić information content (AvgIpc) is 3.25. The zero-order chi connectivity index (χ0) is 20.7. The first-order valence-electron chi connectivity index (χ1n) is 8.83. The Morgan fingerprint density at radius 2 is 1.90 bits per heavy atom. The van der Waals surface area contributed by atoms with Gasteiger partial charge in [-0.15, -0.1) is 10.2 Å². The summed E-state index contributed by atoms with van der Waals surface area (Å²) in [5.41, 5.74) is -0.739. The lowest BCUT2D eigenvalue weighted by atomic mass is 10.1. The number of benzene rings is 1. The van der Waals surface area contributed by atoms with Crippen molar-refractivity contribution in [2.24, 2.45) is 0 Å². The van der Waals surface area contributed by atoms with E-state index in [9.17, 15) is 24.5 Å². The zero-order valence-electron chi connectivity index (χ0n) is 15.4. The van der Waals surface area contributed by atoms with Gasteiger partial charge >= 0.3 is 0 Å². The van der Waals surface area contributed by atoms with Crippen molar-refractivity contribution in [2.75, 3.05) is 37.6 Å². The molecule has 0 atom stereocenters. The quantitative estimate of drug-likeness (QED) is 0.404. The number of rotatable bonds is 4. The Bertz CT molecular complexity index is 1030. The Balaban J connectivity index is 1.43. The number of fused-ring (bicyclic) bond motifs is 1. The van der Waals surface area contributed by atoms with E-state index in [-0.39, 0.29) is 17.0 Å². The second-order valence-corrected chi connectivity index (χ2v) is 7.78. The maximum Gasteiger partial charge on any atom is 0.282 e. The number of aryl methyl sites for hydroxylation is 1. The first-order valence-corrected chi connectivity index (χ1v) is 9.65. The number of nitrogens with zero attached hydrogens (tertiary/aromatic N) is 6. The number of hydrogen-bond acceptors (Lipinski definition) is 9. The molecule has 0 saturated carbocycles. The fraction of sp³-hybridized carbons (Fsp3) is 0.353. The summed E-state index contributed by atoms with van der Waals surface area (Å²) in [6.07, 6.45) is 0. The fourth-order valence-electron chi connectivity index (χ4n) is 3.41. The summed E-state index contributed by atoms with van der Waals surface area (Å²) < 4.78 is 0. The highest BCUT2D eigenvalue weighted by Crippen LogP contribution is 2.30. The molecule has 4 rings (SSSR count). The van der Waals surface area contributed by atoms with Crippen molar-refractivity contribution in [2.45, 2.75) is 6.92 Å². The molecule has 1 aromatic carbocycles. The Labute approximate surface area is 168 Å². The Morgan fingerprint density at radius 3 is 2.52 bits per heavy atom. The first kappa shape index (κ1) is 18.9. The van der Waals surface area contributed by atoms with Crippen LogP contribution in [0.1, 0.15) is 25.7 Å². The zero-order valence-corrected chi connectivity index (χ0v) is 16.2. The van der Waals surface area contributed by atoms with Crippen molar-refractivity contribution in [1.29, 1.82) is 0 Å². The number of imide groups is 1. The molecule has 0 unspecified atom stereocenters. The van der Waals surface area contributed by atoms with Gasteiger partial charge in [-0.1, -0.05) is 17.4 Å². The van der Waals surface area contributed by atoms with E-state index in [0.717, 1.165) is 15.0 Å². The number of carbonyl (C=O) groups excluding carboxylic acids is 3. The SMILES string of the molecule is Cc1nnc(N2CCN(C(=O)CN3C(=O)c4cccc([N+](=O)[O-])c4C3=O)CC2)s1. The summed E-state index contributed by atoms with van der Waals surface area (Å²) in [5, 5.41) is 20.9. The van der Waals surface area contributed by atoms with Gasteiger partial charge in [-0.05, 0) is 13.0 Å². The van der Waals surface area contributed by atoms with E-state index in [1.54, 1.807) is 4.90 Å². The molecule has 150 valence electrons. The number of nitro benzene ring substituents is 1. The topological polar surface area (TPSA) is 130 Å². The van der Waals surface area contributed by atoms with Crippen molar-refractivity contribution in [3.05, 3.63) is 44.4 Å². The van der Waals surface area contributed by atoms with E-state index < -0.39 is 29.0 Å². The van der Waals surface area contributed by atoms with Crippen molar-refractivity contribution in [3.63, 3.8) is 0 Å². The minimum atomic E-state index is -0.811. The van der Waals surface area contributed by atoms with Gasteiger partial charge in [0.15, 0.2) is 0 Å². The number of aromatic nitrogens is 2. The third-order valence-electron chi connectivity index (χ3n) is 4.89. The second-order valence-electron chi connectivity index (χ2n) is 6.62. The Kier molecular flexibility index (Phi) is 4.70. The summed E-state index contributed by atoms with van der Waals surface area (Å²) >= 11 is 1.47. The van der Waals surface area contributed by atoms with Crippen LogP contribution in [-0.2, 0) is 4.79 Å². The number of amides is 3. The van der Waals surface area contributed by atoms with Crippen LogP contribution in [-0.4, -0.2) is 75.4 Å². The maximum absolute atomic E-state index is 12.7. The molecule has 0 spiro atoms. The summed E-state index contributed by atoms with van der Waals surface area (Å²) in [5.74, 6) is -1.88. The van der Waals surface area contributed by atoms with Gasteiger partial charge < -0.3 is 9.80 Å². The van der Waals surface area contributed by atoms with E-state index in [2.05, 4.69) is 10.2 Å². The van der Waals surface area contributed by atoms with Gasteiger partial charge in [-0.2, -0.15) is 0 Å². The molecule has 0 radical (unpaired) electrons. The van der Waals surface area contributed by atoms with E-state index in [1.807, 2.05) is 11.8 Å². The molecule has 3 amide bonds. The third-order valence-corrected chi connectivity index (χ3v) is 5.78. The lowest BCUT2D eigenvalue weighted by Gasteiger charge is -2.34. The second kappa shape index (κ2) is 7.20. The van der Waals surface area contributed by atoms with Crippen LogP contribution >= 0.6 is 11.3 Å². The minimum absolute atomic E-state index is 0.0477. The smallest absolute Gasteiger partial charge is 0.282 e. The average molecular weight is 416 g/mol. The molecule has 0 N–H and O–H groups in total. The van der Waals surface area contributed by atoms with Crippen LogP contribution in [0.2, 0.25) is 0 Å². The predicted molar refractivity (Wildman–Crippen MR) is 102 cm³/mol. The first-order chi connectivity index (χ1) is 13.9. The van der Waals surface area contributed by atoms with Gasteiger partial charge in [0.05, 0.1) is 10.5 Å². The molecule has 0 bridgehead atoms. The number of hydrogen-bond donors (Lipinski definition) is 0. The van der Waals surface area contributed by atoms with Crippen LogP contribution in [0, 0.1) is 17.0 Å². The van der Waals surface area contributed by atoms with Crippen molar-refractivity contribution < 1.29 is 19.3 Å². The van der Waals surface area contributed by atoms with Gasteiger partial charge in [0.1, 0.15) is 17.1 Å². The molecule has 1 fully saturated rings. The minimum Gasteiger partial charge on any atom is -0.343 e. The highest BCUT2D eigenvalue weighted by atomic mass is 32.1. The molecule has 1 saturated heterocycles. The molecule has 2 aliphatic heterocycles. The van der Waals surface area contributed by atoms with Crippen LogP contribution in [0.4, 0.5) is 10.8 Å². The van der Waals surface area contributed by atoms with Gasteiger partial charge in [0, 0.05) is 32.2 Å². The lowest BCUT2D eigenvalue weighted by molar-refractivity contribution is -0.385. The molecular formula is C17H16N6O5S. The van der Waals surface area contributed by atoms with Gasteiger partial charge in [-0.3, -0.25) is 29.4 Å².